The SMILES string of the molecule is CN1C(=O)/C(=C/c2ccc(OCC(=O)O)c(Br)c2)SC1=Nc1ccc(C(=O)O)cc1. The standard InChI is InChI=1S/C20H15BrN2O6S/c1-23-18(26)16(9-11-2-7-15(14(21)8-11)29-10-17(24)25)30-20(23)22-13-5-3-12(4-6-13)19(27)28/h2-9H,10H2,1H3,(H,24,25)(H,27,28)/b16-9-,22-20?. The fourth-order valence-electron chi connectivity index (χ4n) is 2.46. The summed E-state index contributed by atoms with van der Waals surface area (Å²) in [5, 5.41) is 18.1. The highest BCUT2D eigenvalue weighted by Crippen LogP contribution is 2.34. The fourth-order valence-corrected chi connectivity index (χ4v) is 3.95. The Hall–Kier alpha value is -3.11. The van der Waals surface area contributed by atoms with E-state index >= 15 is 0 Å². The van der Waals surface area contributed by atoms with E-state index in [1.165, 1.54) is 28.8 Å². The number of carboxylic acids is 2. The Morgan fingerprint density at radius 2 is 1.90 bits per heavy atom. The number of hydrogen-bond donors (Lipinski definition) is 2. The highest BCUT2D eigenvalue weighted by atomic mass is 79.9. The summed E-state index contributed by atoms with van der Waals surface area (Å²) in [5.74, 6) is -1.93. The van der Waals surface area contributed by atoms with Crippen molar-refractivity contribution >= 4 is 62.5 Å². The lowest BCUT2D eigenvalue weighted by atomic mass is 10.2. The molecule has 1 saturated heterocycles. The Balaban J connectivity index is 1.80. The van der Waals surface area contributed by atoms with Crippen LogP contribution in [0.15, 0.2) is 56.8 Å². The number of aliphatic carboxylic acids is 1. The Morgan fingerprint density at radius 1 is 1.20 bits per heavy atom. The number of nitrogens with zero attached hydrogens (tertiary/aromatic N) is 2. The molecule has 10 heteroatoms. The lowest BCUT2D eigenvalue weighted by molar-refractivity contribution is -0.139. The van der Waals surface area contributed by atoms with Crippen molar-refractivity contribution in [3.63, 3.8) is 0 Å². The largest absolute Gasteiger partial charge is 0.481 e. The lowest BCUT2D eigenvalue weighted by Gasteiger charge is -2.07. The Bertz CT molecular complexity index is 1080. The van der Waals surface area contributed by atoms with Gasteiger partial charge in [-0.2, -0.15) is 0 Å². The van der Waals surface area contributed by atoms with Crippen molar-refractivity contribution in [2.75, 3.05) is 13.7 Å². The second kappa shape index (κ2) is 9.14. The highest BCUT2D eigenvalue weighted by Gasteiger charge is 2.30. The van der Waals surface area contributed by atoms with Crippen LogP contribution in [0.25, 0.3) is 6.08 Å². The number of carbonyl (C=O) groups excluding carboxylic acids is 1. The minimum absolute atomic E-state index is 0.157. The second-order valence-electron chi connectivity index (χ2n) is 6.09. The van der Waals surface area contributed by atoms with E-state index < -0.39 is 18.5 Å². The zero-order chi connectivity index (χ0) is 21.8. The average molecular weight is 491 g/mol. The van der Waals surface area contributed by atoms with Crippen molar-refractivity contribution in [1.29, 1.82) is 0 Å². The first-order chi connectivity index (χ1) is 14.2. The molecule has 0 atom stereocenters. The van der Waals surface area contributed by atoms with Gasteiger partial charge in [-0.05, 0) is 75.7 Å². The van der Waals surface area contributed by atoms with Crippen LogP contribution in [0, 0.1) is 0 Å². The van der Waals surface area contributed by atoms with E-state index in [4.69, 9.17) is 14.9 Å². The monoisotopic (exact) mass is 490 g/mol. The Kier molecular flexibility index (Phi) is 6.58. The molecule has 2 N–H and O–H groups in total. The van der Waals surface area contributed by atoms with Crippen molar-refractivity contribution in [2.24, 2.45) is 4.99 Å². The molecule has 0 unspecified atom stereocenters. The van der Waals surface area contributed by atoms with Crippen LogP contribution in [-0.4, -0.2) is 51.8 Å². The van der Waals surface area contributed by atoms with E-state index in [0.717, 1.165) is 5.56 Å². The van der Waals surface area contributed by atoms with Gasteiger partial charge in [-0.25, -0.2) is 14.6 Å². The molecule has 3 rings (SSSR count). The zero-order valence-electron chi connectivity index (χ0n) is 15.5. The van der Waals surface area contributed by atoms with Gasteiger partial charge in [-0.1, -0.05) is 6.07 Å². The molecule has 2 aromatic rings. The maximum Gasteiger partial charge on any atom is 0.341 e. The van der Waals surface area contributed by atoms with Gasteiger partial charge in [-0.15, -0.1) is 0 Å². The number of ether oxygens (including phenoxy) is 1. The molecular formula is C20H15BrN2O6S. The molecule has 0 saturated carbocycles. The van der Waals surface area contributed by atoms with Gasteiger partial charge in [0.2, 0.25) is 0 Å². The van der Waals surface area contributed by atoms with Crippen LogP contribution in [0.2, 0.25) is 0 Å². The lowest BCUT2D eigenvalue weighted by Crippen LogP contribution is -2.23. The molecule has 2 aromatic carbocycles. The number of thioether (sulfide) groups is 1. The summed E-state index contributed by atoms with van der Waals surface area (Å²) in [5.41, 5.74) is 1.41. The molecule has 0 spiro atoms. The molecule has 0 bridgehead atoms. The molecular weight excluding hydrogens is 476 g/mol. The first-order valence-corrected chi connectivity index (χ1v) is 10.1. The van der Waals surface area contributed by atoms with Crippen LogP contribution >= 0.6 is 27.7 Å². The van der Waals surface area contributed by atoms with Crippen molar-refractivity contribution in [3.8, 4) is 5.75 Å². The molecule has 1 heterocycles. The van der Waals surface area contributed by atoms with Gasteiger partial charge in [0.05, 0.1) is 20.6 Å². The average Bonchev–Trinajstić information content (AvgIpc) is 2.95. The van der Waals surface area contributed by atoms with Gasteiger partial charge in [0, 0.05) is 7.05 Å². The van der Waals surface area contributed by atoms with Crippen LogP contribution < -0.4 is 4.74 Å². The maximum absolute atomic E-state index is 12.6. The van der Waals surface area contributed by atoms with E-state index in [1.807, 2.05) is 0 Å². The van der Waals surface area contributed by atoms with Crippen LogP contribution in [0.5, 0.6) is 5.75 Å². The predicted octanol–water partition coefficient (Wildman–Crippen LogP) is 3.84. The summed E-state index contributed by atoms with van der Waals surface area (Å²) < 4.78 is 5.73. The summed E-state index contributed by atoms with van der Waals surface area (Å²) in [6.45, 7) is -0.453. The summed E-state index contributed by atoms with van der Waals surface area (Å²) in [7, 11) is 1.61. The minimum atomic E-state index is -1.08. The number of benzene rings is 2. The van der Waals surface area contributed by atoms with Crippen LogP contribution in [0.4, 0.5) is 5.69 Å². The first kappa shape index (κ1) is 21.6. The number of carbonyl (C=O) groups is 3. The second-order valence-corrected chi connectivity index (χ2v) is 7.96. The molecule has 154 valence electrons. The fraction of sp³-hybridized carbons (Fsp3) is 0.100. The third-order valence-electron chi connectivity index (χ3n) is 3.95. The van der Waals surface area contributed by atoms with Crippen molar-refractivity contribution in [1.82, 2.24) is 4.90 Å². The number of halogens is 1. The van der Waals surface area contributed by atoms with Crippen molar-refractivity contribution in [3.05, 3.63) is 63.0 Å². The number of carboxylic acid groups (broad SMARTS) is 2. The third-order valence-corrected chi connectivity index (χ3v) is 5.63. The van der Waals surface area contributed by atoms with Crippen molar-refractivity contribution in [2.45, 2.75) is 0 Å². The summed E-state index contributed by atoms with van der Waals surface area (Å²) in [6, 6.07) is 11.1. The molecule has 0 aliphatic carbocycles. The topological polar surface area (TPSA) is 117 Å². The number of amides is 1. The van der Waals surface area contributed by atoms with Gasteiger partial charge >= 0.3 is 11.9 Å². The van der Waals surface area contributed by atoms with E-state index in [2.05, 4.69) is 20.9 Å². The van der Waals surface area contributed by atoms with Crippen molar-refractivity contribution < 1.29 is 29.3 Å². The number of amidine groups is 1. The van der Waals surface area contributed by atoms with E-state index in [1.54, 1.807) is 43.5 Å². The quantitative estimate of drug-likeness (QED) is 0.590. The van der Waals surface area contributed by atoms with Gasteiger partial charge in [0.1, 0.15) is 5.75 Å². The first-order valence-electron chi connectivity index (χ1n) is 8.48. The molecule has 1 fully saturated rings. The maximum atomic E-state index is 12.6. The number of hydrogen-bond acceptors (Lipinski definition) is 6. The highest BCUT2D eigenvalue weighted by molar-refractivity contribution is 9.10. The predicted molar refractivity (Wildman–Crippen MR) is 116 cm³/mol. The molecule has 1 aliphatic rings. The molecule has 30 heavy (non-hydrogen) atoms. The minimum Gasteiger partial charge on any atom is -0.481 e. The summed E-state index contributed by atoms with van der Waals surface area (Å²) in [6.07, 6.45) is 1.70. The number of aliphatic imine (C=N–C) groups is 1. The Labute approximate surface area is 184 Å². The molecule has 0 radical (unpaired) electrons. The van der Waals surface area contributed by atoms with E-state index in [9.17, 15) is 14.4 Å². The number of likely N-dealkylation sites (N-methyl/N-ethyl adjacent to an activating group) is 1. The number of rotatable bonds is 6. The van der Waals surface area contributed by atoms with Gasteiger partial charge in [0.15, 0.2) is 11.8 Å². The molecule has 1 aliphatic heterocycles. The zero-order valence-corrected chi connectivity index (χ0v) is 17.9. The molecule has 8 nitrogen and oxygen atoms in total. The third kappa shape index (κ3) is 5.08. The van der Waals surface area contributed by atoms with Gasteiger partial charge < -0.3 is 14.9 Å². The number of aromatic carboxylic acids is 1. The normalized spacial score (nSPS) is 16.3. The van der Waals surface area contributed by atoms with E-state index in [0.29, 0.717) is 26.0 Å². The van der Waals surface area contributed by atoms with Gasteiger partial charge in [0.25, 0.3) is 5.91 Å². The van der Waals surface area contributed by atoms with Crippen LogP contribution in [-0.2, 0) is 9.59 Å². The van der Waals surface area contributed by atoms with E-state index in [-0.39, 0.29) is 11.5 Å². The Morgan fingerprint density at radius 3 is 2.50 bits per heavy atom. The summed E-state index contributed by atoms with van der Waals surface area (Å²) in [4.78, 5) is 40.4. The van der Waals surface area contributed by atoms with Crippen LogP contribution in [0.3, 0.4) is 0 Å². The smallest absolute Gasteiger partial charge is 0.341 e. The summed E-state index contributed by atoms with van der Waals surface area (Å²) >= 11 is 4.53. The molecule has 0 aromatic heterocycles. The molecule has 1 amide bonds. The van der Waals surface area contributed by atoms with Crippen LogP contribution in [0.1, 0.15) is 15.9 Å². The van der Waals surface area contributed by atoms with Gasteiger partial charge in [-0.3, -0.25) is 9.69 Å².